The van der Waals surface area contributed by atoms with E-state index in [0.29, 0.717) is 0 Å². The van der Waals surface area contributed by atoms with Crippen molar-refractivity contribution in [2.24, 2.45) is 0 Å². The molecule has 216 valence electrons. The maximum absolute atomic E-state index is 6.51. The molecule has 9 rings (SSSR count). The predicted molar refractivity (Wildman–Crippen MR) is 194 cm³/mol. The van der Waals surface area contributed by atoms with Gasteiger partial charge in [-0.15, -0.1) is 0 Å². The minimum atomic E-state index is 0.876. The van der Waals surface area contributed by atoms with Crippen molar-refractivity contribution in [2.45, 2.75) is 0 Å². The second kappa shape index (κ2) is 10.8. The third-order valence-corrected chi connectivity index (χ3v) is 9.00. The van der Waals surface area contributed by atoms with Gasteiger partial charge in [-0.2, -0.15) is 0 Å². The van der Waals surface area contributed by atoms with E-state index in [1.807, 2.05) is 0 Å². The van der Waals surface area contributed by atoms with Gasteiger partial charge in [0.15, 0.2) is 0 Å². The molecule has 0 spiro atoms. The van der Waals surface area contributed by atoms with Crippen LogP contribution in [0.15, 0.2) is 180 Å². The van der Waals surface area contributed by atoms with Crippen LogP contribution in [0.5, 0.6) is 0 Å². The lowest BCUT2D eigenvalue weighted by Crippen LogP contribution is -2.10. The molecule has 9 aromatic rings. The van der Waals surface area contributed by atoms with Crippen molar-refractivity contribution in [2.75, 3.05) is 4.90 Å². The minimum Gasteiger partial charge on any atom is -0.456 e. The highest BCUT2D eigenvalue weighted by atomic mass is 16.3. The van der Waals surface area contributed by atoms with Crippen LogP contribution in [0.4, 0.5) is 17.1 Å². The largest absolute Gasteiger partial charge is 0.456 e. The van der Waals surface area contributed by atoms with Crippen molar-refractivity contribution >= 4 is 60.5 Å². The molecule has 0 aliphatic heterocycles. The van der Waals surface area contributed by atoms with E-state index in [4.69, 9.17) is 4.42 Å². The first-order valence-electron chi connectivity index (χ1n) is 15.7. The van der Waals surface area contributed by atoms with E-state index in [1.54, 1.807) is 0 Å². The molecule has 46 heavy (non-hydrogen) atoms. The van der Waals surface area contributed by atoms with Crippen LogP contribution in [-0.4, -0.2) is 0 Å². The van der Waals surface area contributed by atoms with Gasteiger partial charge in [0.05, 0.1) is 11.1 Å². The molecule has 0 saturated heterocycles. The maximum Gasteiger partial charge on any atom is 0.137 e. The molecule has 0 unspecified atom stereocenters. The molecule has 1 heterocycles. The Morgan fingerprint density at radius 2 is 0.957 bits per heavy atom. The standard InChI is InChI=1S/C44H29NO/c1-3-10-30(11-4-1)32-20-23-38(24-21-32)45(39-25-22-33-18-19-36(26-37(33)27-39)31-12-5-2-6-13-31)41-16-9-17-42-44(41)40-28-34-14-7-8-15-35(34)29-43(40)46-42/h1-29H. The predicted octanol–water partition coefficient (Wildman–Crippen LogP) is 12.7. The lowest BCUT2D eigenvalue weighted by Gasteiger charge is -2.27. The Balaban J connectivity index is 1.27. The van der Waals surface area contributed by atoms with Gasteiger partial charge in [-0.25, -0.2) is 0 Å². The van der Waals surface area contributed by atoms with E-state index in [9.17, 15) is 0 Å². The number of benzene rings is 8. The highest BCUT2D eigenvalue weighted by Gasteiger charge is 2.20. The number of furan rings is 1. The first kappa shape index (κ1) is 26.3. The zero-order valence-electron chi connectivity index (χ0n) is 25.1. The smallest absolute Gasteiger partial charge is 0.137 e. The fraction of sp³-hybridized carbons (Fsp3) is 0. The molecule has 0 saturated carbocycles. The molecule has 2 heteroatoms. The van der Waals surface area contributed by atoms with Gasteiger partial charge in [-0.3, -0.25) is 0 Å². The highest BCUT2D eigenvalue weighted by Crippen LogP contribution is 2.44. The van der Waals surface area contributed by atoms with Crippen molar-refractivity contribution in [3.63, 3.8) is 0 Å². The molecular weight excluding hydrogens is 558 g/mol. The van der Waals surface area contributed by atoms with Gasteiger partial charge in [0.25, 0.3) is 0 Å². The Hall–Kier alpha value is -6.12. The van der Waals surface area contributed by atoms with Crippen molar-refractivity contribution in [1.29, 1.82) is 0 Å². The summed E-state index contributed by atoms with van der Waals surface area (Å²) in [5.41, 5.74) is 9.84. The Morgan fingerprint density at radius 3 is 1.72 bits per heavy atom. The van der Waals surface area contributed by atoms with E-state index in [-0.39, 0.29) is 0 Å². The van der Waals surface area contributed by atoms with Gasteiger partial charge >= 0.3 is 0 Å². The number of hydrogen-bond donors (Lipinski definition) is 0. The van der Waals surface area contributed by atoms with Crippen LogP contribution < -0.4 is 4.90 Å². The lowest BCUT2D eigenvalue weighted by molar-refractivity contribution is 0.669. The Kier molecular flexibility index (Phi) is 6.17. The van der Waals surface area contributed by atoms with Crippen LogP contribution in [0, 0.1) is 0 Å². The first-order chi connectivity index (χ1) is 22.8. The topological polar surface area (TPSA) is 16.4 Å². The van der Waals surface area contributed by atoms with E-state index in [2.05, 4.69) is 181 Å². The molecule has 1 aromatic heterocycles. The normalized spacial score (nSPS) is 11.5. The summed E-state index contributed by atoms with van der Waals surface area (Å²) in [5.74, 6) is 0. The second-order valence-corrected chi connectivity index (χ2v) is 11.8. The summed E-state index contributed by atoms with van der Waals surface area (Å²) in [5, 5.41) is 7.00. The third-order valence-electron chi connectivity index (χ3n) is 9.00. The molecule has 0 amide bonds. The van der Waals surface area contributed by atoms with Crippen LogP contribution >= 0.6 is 0 Å². The number of fused-ring (bicyclic) bond motifs is 5. The molecule has 0 N–H and O–H groups in total. The van der Waals surface area contributed by atoms with E-state index in [1.165, 1.54) is 43.8 Å². The first-order valence-corrected chi connectivity index (χ1v) is 15.7. The number of anilines is 3. The van der Waals surface area contributed by atoms with Crippen LogP contribution in [0.3, 0.4) is 0 Å². The zero-order valence-corrected chi connectivity index (χ0v) is 25.1. The van der Waals surface area contributed by atoms with Crippen LogP contribution in [0.2, 0.25) is 0 Å². The van der Waals surface area contributed by atoms with Gasteiger partial charge in [0.1, 0.15) is 11.2 Å². The number of rotatable bonds is 5. The SMILES string of the molecule is c1ccc(-c2ccc(N(c3ccc4ccc(-c5ccccc5)cc4c3)c3cccc4oc5cc6ccccc6cc5c34)cc2)cc1. The maximum atomic E-state index is 6.51. The fourth-order valence-corrected chi connectivity index (χ4v) is 6.72. The second-order valence-electron chi connectivity index (χ2n) is 11.8. The molecule has 0 atom stereocenters. The Bertz CT molecular complexity index is 2510. The molecular formula is C44H29NO. The summed E-state index contributed by atoms with van der Waals surface area (Å²) in [6.07, 6.45) is 0. The van der Waals surface area contributed by atoms with Gasteiger partial charge in [-0.05, 0) is 98.4 Å². The van der Waals surface area contributed by atoms with E-state index in [0.717, 1.165) is 39.0 Å². The van der Waals surface area contributed by atoms with Crippen molar-refractivity contribution < 1.29 is 4.42 Å². The quantitative estimate of drug-likeness (QED) is 0.199. The van der Waals surface area contributed by atoms with Gasteiger partial charge in [-0.1, -0.05) is 121 Å². The third kappa shape index (κ3) is 4.51. The summed E-state index contributed by atoms with van der Waals surface area (Å²) in [7, 11) is 0. The van der Waals surface area contributed by atoms with E-state index >= 15 is 0 Å². The minimum absolute atomic E-state index is 0.876. The van der Waals surface area contributed by atoms with E-state index < -0.39 is 0 Å². The molecule has 0 bridgehead atoms. The summed E-state index contributed by atoms with van der Waals surface area (Å²) in [6.45, 7) is 0. The summed E-state index contributed by atoms with van der Waals surface area (Å²) in [4.78, 5) is 2.37. The van der Waals surface area contributed by atoms with Gasteiger partial charge < -0.3 is 9.32 Å². The molecule has 0 aliphatic carbocycles. The van der Waals surface area contributed by atoms with Crippen LogP contribution in [-0.2, 0) is 0 Å². The Morgan fingerprint density at radius 1 is 0.348 bits per heavy atom. The molecule has 2 nitrogen and oxygen atoms in total. The fourth-order valence-electron chi connectivity index (χ4n) is 6.72. The zero-order chi connectivity index (χ0) is 30.5. The molecule has 0 radical (unpaired) electrons. The average molecular weight is 588 g/mol. The van der Waals surface area contributed by atoms with Crippen LogP contribution in [0.1, 0.15) is 0 Å². The Labute approximate surface area is 267 Å². The van der Waals surface area contributed by atoms with Crippen LogP contribution in [0.25, 0.3) is 65.7 Å². The molecule has 0 aliphatic rings. The summed E-state index contributed by atoms with van der Waals surface area (Å²) < 4.78 is 6.51. The van der Waals surface area contributed by atoms with Gasteiger partial charge in [0.2, 0.25) is 0 Å². The lowest BCUT2D eigenvalue weighted by atomic mass is 10.00. The summed E-state index contributed by atoms with van der Waals surface area (Å²) in [6, 6.07) is 62.8. The van der Waals surface area contributed by atoms with Crippen molar-refractivity contribution in [3.05, 3.63) is 176 Å². The number of nitrogens with zero attached hydrogens (tertiary/aromatic N) is 1. The monoisotopic (exact) mass is 587 g/mol. The van der Waals surface area contributed by atoms with Crippen molar-refractivity contribution in [3.8, 4) is 22.3 Å². The van der Waals surface area contributed by atoms with Gasteiger partial charge in [0, 0.05) is 16.8 Å². The molecule has 8 aromatic carbocycles. The average Bonchev–Trinajstić information content (AvgIpc) is 3.49. The summed E-state index contributed by atoms with van der Waals surface area (Å²) >= 11 is 0. The number of hydrogen-bond acceptors (Lipinski definition) is 2. The molecule has 0 fully saturated rings. The highest BCUT2D eigenvalue weighted by molar-refractivity contribution is 6.16. The van der Waals surface area contributed by atoms with Crippen molar-refractivity contribution in [1.82, 2.24) is 0 Å².